The Morgan fingerprint density at radius 2 is 1.96 bits per heavy atom. The van der Waals surface area contributed by atoms with Gasteiger partial charge >= 0.3 is 0 Å². The van der Waals surface area contributed by atoms with E-state index in [1.54, 1.807) is 24.3 Å². The topological polar surface area (TPSA) is 63.2 Å². The first-order chi connectivity index (χ1) is 10.7. The van der Waals surface area contributed by atoms with Crippen LogP contribution in [0.4, 0.5) is 5.69 Å². The minimum atomic E-state index is 0. The monoisotopic (exact) mass is 389 g/mol. The van der Waals surface area contributed by atoms with Gasteiger partial charge in [-0.3, -0.25) is 4.79 Å². The molecule has 0 aliphatic carbocycles. The van der Waals surface area contributed by atoms with Gasteiger partial charge < -0.3 is 15.4 Å². The van der Waals surface area contributed by atoms with Gasteiger partial charge in [0.15, 0.2) is 0 Å². The first-order valence-electron chi connectivity index (χ1n) is 7.12. The van der Waals surface area contributed by atoms with Gasteiger partial charge in [-0.05, 0) is 43.3 Å². The molecule has 1 aromatic carbocycles. The number of carbonyl (C=O) groups is 1. The molecule has 0 radical (unpaired) electrons. The van der Waals surface area contributed by atoms with E-state index in [2.05, 4.69) is 15.6 Å². The largest absolute Gasteiger partial charge is 0.439 e. The summed E-state index contributed by atoms with van der Waals surface area (Å²) in [6.45, 7) is 1.65. The van der Waals surface area contributed by atoms with Gasteiger partial charge in [-0.15, -0.1) is 24.8 Å². The Hall–Kier alpha value is -1.53. The van der Waals surface area contributed by atoms with Gasteiger partial charge in [-0.2, -0.15) is 0 Å². The third-order valence-electron chi connectivity index (χ3n) is 3.48. The number of benzene rings is 1. The van der Waals surface area contributed by atoms with E-state index in [0.717, 1.165) is 25.2 Å². The standard InChI is InChI=1S/C16H16ClN3O2.2ClH/c17-12-1-6-15(19-10-12)22-14-4-2-13(3-5-14)20-16(21)11-7-8-18-9-11;;/h1-6,10-11,18H,7-9H2,(H,20,21);2*1H. The van der Waals surface area contributed by atoms with Crippen LogP contribution >= 0.6 is 36.4 Å². The van der Waals surface area contributed by atoms with Crippen molar-refractivity contribution in [3.8, 4) is 11.6 Å². The molecule has 1 aliphatic heterocycles. The molecule has 1 fully saturated rings. The molecule has 3 rings (SSSR count). The van der Waals surface area contributed by atoms with E-state index in [1.165, 1.54) is 6.20 Å². The first-order valence-corrected chi connectivity index (χ1v) is 7.49. The number of carbonyl (C=O) groups excluding carboxylic acids is 1. The van der Waals surface area contributed by atoms with Crippen molar-refractivity contribution in [2.24, 2.45) is 5.92 Å². The van der Waals surface area contributed by atoms with E-state index < -0.39 is 0 Å². The lowest BCUT2D eigenvalue weighted by Gasteiger charge is -2.10. The molecule has 1 atom stereocenters. The Kier molecular flexibility index (Phi) is 8.28. The van der Waals surface area contributed by atoms with Crippen molar-refractivity contribution in [1.82, 2.24) is 10.3 Å². The predicted octanol–water partition coefficient (Wildman–Crippen LogP) is 3.92. The van der Waals surface area contributed by atoms with Crippen LogP contribution < -0.4 is 15.4 Å². The number of hydrogen-bond acceptors (Lipinski definition) is 4. The van der Waals surface area contributed by atoms with Crippen LogP contribution in [0, 0.1) is 5.92 Å². The zero-order valence-corrected chi connectivity index (χ0v) is 15.1. The van der Waals surface area contributed by atoms with Crippen molar-refractivity contribution >= 4 is 48.0 Å². The maximum Gasteiger partial charge on any atom is 0.228 e. The summed E-state index contributed by atoms with van der Waals surface area (Å²) in [6.07, 6.45) is 2.41. The Morgan fingerprint density at radius 1 is 1.21 bits per heavy atom. The fourth-order valence-corrected chi connectivity index (χ4v) is 2.38. The Bertz CT molecular complexity index is 645. The number of nitrogens with one attached hydrogen (secondary N) is 2. The molecular weight excluding hydrogens is 373 g/mol. The van der Waals surface area contributed by atoms with Gasteiger partial charge in [0.1, 0.15) is 5.75 Å². The van der Waals surface area contributed by atoms with Crippen LogP contribution in [0.2, 0.25) is 5.02 Å². The van der Waals surface area contributed by atoms with Gasteiger partial charge in [0, 0.05) is 24.5 Å². The average Bonchev–Trinajstić information content (AvgIpc) is 3.06. The van der Waals surface area contributed by atoms with Crippen molar-refractivity contribution in [2.75, 3.05) is 18.4 Å². The molecule has 8 heteroatoms. The van der Waals surface area contributed by atoms with Crippen molar-refractivity contribution in [2.45, 2.75) is 6.42 Å². The number of pyridine rings is 1. The highest BCUT2D eigenvalue weighted by atomic mass is 35.5. The molecule has 1 aromatic heterocycles. The molecule has 2 N–H and O–H groups in total. The van der Waals surface area contributed by atoms with E-state index in [-0.39, 0.29) is 36.6 Å². The van der Waals surface area contributed by atoms with Crippen molar-refractivity contribution in [3.63, 3.8) is 0 Å². The summed E-state index contributed by atoms with van der Waals surface area (Å²) in [4.78, 5) is 16.1. The van der Waals surface area contributed by atoms with E-state index in [4.69, 9.17) is 16.3 Å². The molecule has 24 heavy (non-hydrogen) atoms. The molecule has 1 saturated heterocycles. The second kappa shape index (κ2) is 9.69. The van der Waals surface area contributed by atoms with E-state index in [1.807, 2.05) is 12.1 Å². The molecule has 1 unspecified atom stereocenters. The van der Waals surface area contributed by atoms with E-state index >= 15 is 0 Å². The fraction of sp³-hybridized carbons (Fsp3) is 0.250. The lowest BCUT2D eigenvalue weighted by Crippen LogP contribution is -2.24. The molecule has 1 aliphatic rings. The number of amides is 1. The maximum atomic E-state index is 12.0. The quantitative estimate of drug-likeness (QED) is 0.830. The highest BCUT2D eigenvalue weighted by Crippen LogP contribution is 2.22. The number of ether oxygens (including phenoxy) is 1. The van der Waals surface area contributed by atoms with Gasteiger partial charge in [-0.1, -0.05) is 11.6 Å². The van der Waals surface area contributed by atoms with Crippen LogP contribution in [-0.4, -0.2) is 24.0 Å². The molecule has 0 saturated carbocycles. The molecule has 130 valence electrons. The Labute approximate surface area is 158 Å². The number of anilines is 1. The first kappa shape index (κ1) is 20.5. The zero-order chi connectivity index (χ0) is 15.4. The second-order valence-electron chi connectivity index (χ2n) is 5.12. The number of aromatic nitrogens is 1. The van der Waals surface area contributed by atoms with Crippen LogP contribution in [0.5, 0.6) is 11.6 Å². The summed E-state index contributed by atoms with van der Waals surface area (Å²) in [5, 5.41) is 6.66. The van der Waals surface area contributed by atoms with Gasteiger partial charge in [0.2, 0.25) is 11.8 Å². The van der Waals surface area contributed by atoms with Crippen LogP contribution in [-0.2, 0) is 4.79 Å². The molecule has 2 aromatic rings. The summed E-state index contributed by atoms with van der Waals surface area (Å²) in [6, 6.07) is 10.6. The lowest BCUT2D eigenvalue weighted by molar-refractivity contribution is -0.119. The van der Waals surface area contributed by atoms with Crippen LogP contribution in [0.1, 0.15) is 6.42 Å². The average molecular weight is 391 g/mol. The highest BCUT2D eigenvalue weighted by molar-refractivity contribution is 6.30. The number of halogens is 3. The Morgan fingerprint density at radius 3 is 2.54 bits per heavy atom. The SMILES string of the molecule is Cl.Cl.O=C(Nc1ccc(Oc2ccc(Cl)cn2)cc1)C1CCNC1. The normalized spacial score (nSPS) is 15.8. The predicted molar refractivity (Wildman–Crippen MR) is 99.9 cm³/mol. The molecule has 5 nitrogen and oxygen atoms in total. The van der Waals surface area contributed by atoms with E-state index in [9.17, 15) is 4.79 Å². The lowest BCUT2D eigenvalue weighted by atomic mass is 10.1. The zero-order valence-electron chi connectivity index (χ0n) is 12.7. The molecule has 0 spiro atoms. The smallest absolute Gasteiger partial charge is 0.228 e. The van der Waals surface area contributed by atoms with E-state index in [0.29, 0.717) is 16.7 Å². The Balaban J connectivity index is 0.00000144. The second-order valence-corrected chi connectivity index (χ2v) is 5.56. The molecule has 2 heterocycles. The summed E-state index contributed by atoms with van der Waals surface area (Å²) in [5.41, 5.74) is 0.758. The van der Waals surface area contributed by atoms with Crippen molar-refractivity contribution in [1.29, 1.82) is 0 Å². The third-order valence-corrected chi connectivity index (χ3v) is 3.70. The van der Waals surface area contributed by atoms with Gasteiger partial charge in [-0.25, -0.2) is 4.98 Å². The maximum absolute atomic E-state index is 12.0. The van der Waals surface area contributed by atoms with Crippen LogP contribution in [0.3, 0.4) is 0 Å². The minimum Gasteiger partial charge on any atom is -0.439 e. The number of hydrogen-bond donors (Lipinski definition) is 2. The number of rotatable bonds is 4. The summed E-state index contributed by atoms with van der Waals surface area (Å²) in [5.74, 6) is 1.22. The summed E-state index contributed by atoms with van der Waals surface area (Å²) < 4.78 is 5.60. The molecule has 1 amide bonds. The van der Waals surface area contributed by atoms with Crippen molar-refractivity contribution in [3.05, 3.63) is 47.6 Å². The third kappa shape index (κ3) is 5.53. The highest BCUT2D eigenvalue weighted by Gasteiger charge is 2.22. The summed E-state index contributed by atoms with van der Waals surface area (Å²) >= 11 is 5.77. The van der Waals surface area contributed by atoms with Crippen LogP contribution in [0.25, 0.3) is 0 Å². The molecular formula is C16H18Cl3N3O2. The van der Waals surface area contributed by atoms with Gasteiger partial charge in [0.25, 0.3) is 0 Å². The minimum absolute atomic E-state index is 0. The molecule has 0 bridgehead atoms. The fourth-order valence-electron chi connectivity index (χ4n) is 2.27. The number of nitrogens with zero attached hydrogens (tertiary/aromatic N) is 1. The van der Waals surface area contributed by atoms with Gasteiger partial charge in [0.05, 0.1) is 10.9 Å². The summed E-state index contributed by atoms with van der Waals surface area (Å²) in [7, 11) is 0. The van der Waals surface area contributed by atoms with Crippen LogP contribution in [0.15, 0.2) is 42.6 Å². The van der Waals surface area contributed by atoms with Crippen molar-refractivity contribution < 1.29 is 9.53 Å².